The monoisotopic (exact) mass is 397 g/mol. The Morgan fingerprint density at radius 3 is 2.75 bits per heavy atom. The van der Waals surface area contributed by atoms with E-state index in [0.29, 0.717) is 41.3 Å². The van der Waals surface area contributed by atoms with Crippen LogP contribution in [0.3, 0.4) is 0 Å². The number of methoxy groups -OCH3 is 1. The highest BCUT2D eigenvalue weighted by atomic mass is 32.1. The number of benzene rings is 2. The molecule has 0 saturated heterocycles. The molecule has 1 atom stereocenters. The highest BCUT2D eigenvalue weighted by molar-refractivity contribution is 7.11. The predicted octanol–water partition coefficient (Wildman–Crippen LogP) is 5.44. The van der Waals surface area contributed by atoms with Crippen molar-refractivity contribution in [2.45, 2.75) is 19.3 Å². The van der Waals surface area contributed by atoms with E-state index in [9.17, 15) is 9.18 Å². The molecule has 144 valence electrons. The normalized spacial score (nSPS) is 15.7. The van der Waals surface area contributed by atoms with E-state index in [2.05, 4.69) is 5.32 Å². The van der Waals surface area contributed by atoms with E-state index in [0.717, 1.165) is 10.4 Å². The SMILES string of the molecule is CCOc1ccc([C@H]2CC(=O)Nc3c(-c4ccccc4F)csc32)cc1OC. The van der Waals surface area contributed by atoms with Crippen molar-refractivity contribution >= 4 is 22.9 Å². The van der Waals surface area contributed by atoms with Gasteiger partial charge in [0.2, 0.25) is 5.91 Å². The summed E-state index contributed by atoms with van der Waals surface area (Å²) in [7, 11) is 1.60. The van der Waals surface area contributed by atoms with Crippen molar-refractivity contribution in [1.29, 1.82) is 0 Å². The van der Waals surface area contributed by atoms with Crippen LogP contribution in [0.25, 0.3) is 11.1 Å². The van der Waals surface area contributed by atoms with Crippen molar-refractivity contribution in [3.8, 4) is 22.6 Å². The Kier molecular flexibility index (Phi) is 5.05. The van der Waals surface area contributed by atoms with Crippen molar-refractivity contribution in [2.24, 2.45) is 0 Å². The molecule has 0 aliphatic carbocycles. The lowest BCUT2D eigenvalue weighted by Crippen LogP contribution is -2.22. The Morgan fingerprint density at radius 2 is 2.00 bits per heavy atom. The fourth-order valence-electron chi connectivity index (χ4n) is 3.55. The highest BCUT2D eigenvalue weighted by Crippen LogP contribution is 2.47. The van der Waals surface area contributed by atoms with Crippen molar-refractivity contribution in [1.82, 2.24) is 0 Å². The van der Waals surface area contributed by atoms with Crippen LogP contribution in [0.2, 0.25) is 0 Å². The first-order valence-corrected chi connectivity index (χ1v) is 9.97. The van der Waals surface area contributed by atoms with Crippen LogP contribution >= 0.6 is 11.3 Å². The topological polar surface area (TPSA) is 47.6 Å². The number of rotatable bonds is 5. The number of hydrogen-bond donors (Lipinski definition) is 1. The van der Waals surface area contributed by atoms with Gasteiger partial charge in [-0.15, -0.1) is 11.3 Å². The first kappa shape index (κ1) is 18.5. The fraction of sp³-hybridized carbons (Fsp3) is 0.227. The number of fused-ring (bicyclic) bond motifs is 1. The second kappa shape index (κ2) is 7.64. The number of hydrogen-bond acceptors (Lipinski definition) is 4. The summed E-state index contributed by atoms with van der Waals surface area (Å²) in [6, 6.07) is 12.4. The molecule has 4 rings (SSSR count). The Morgan fingerprint density at radius 1 is 1.18 bits per heavy atom. The number of nitrogens with one attached hydrogen (secondary N) is 1. The lowest BCUT2D eigenvalue weighted by molar-refractivity contribution is -0.116. The van der Waals surface area contributed by atoms with Gasteiger partial charge < -0.3 is 14.8 Å². The zero-order valence-electron chi connectivity index (χ0n) is 15.6. The molecule has 1 N–H and O–H groups in total. The maximum Gasteiger partial charge on any atom is 0.225 e. The molecule has 2 heterocycles. The zero-order chi connectivity index (χ0) is 19.7. The third-order valence-electron chi connectivity index (χ3n) is 4.84. The fourth-order valence-corrected chi connectivity index (χ4v) is 4.70. The maximum absolute atomic E-state index is 14.3. The maximum atomic E-state index is 14.3. The van der Waals surface area contributed by atoms with Gasteiger partial charge in [-0.05, 0) is 30.7 Å². The molecule has 2 aromatic carbocycles. The molecule has 0 saturated carbocycles. The van der Waals surface area contributed by atoms with Gasteiger partial charge in [-0.1, -0.05) is 24.3 Å². The van der Waals surface area contributed by atoms with E-state index in [1.807, 2.05) is 30.5 Å². The number of thiophene rings is 1. The summed E-state index contributed by atoms with van der Waals surface area (Å²) in [5.74, 6) is 0.813. The van der Waals surface area contributed by atoms with Crippen LogP contribution < -0.4 is 14.8 Å². The summed E-state index contributed by atoms with van der Waals surface area (Å²) in [5.41, 5.74) is 2.88. The Hall–Kier alpha value is -2.86. The minimum absolute atomic E-state index is 0.0821. The summed E-state index contributed by atoms with van der Waals surface area (Å²) in [5, 5.41) is 4.85. The van der Waals surface area contributed by atoms with Crippen molar-refractivity contribution in [2.75, 3.05) is 19.0 Å². The van der Waals surface area contributed by atoms with Gasteiger partial charge in [-0.25, -0.2) is 4.39 Å². The van der Waals surface area contributed by atoms with Crippen LogP contribution in [-0.4, -0.2) is 19.6 Å². The van der Waals surface area contributed by atoms with Crippen molar-refractivity contribution < 1.29 is 18.7 Å². The number of anilines is 1. The number of ether oxygens (including phenoxy) is 2. The van der Waals surface area contributed by atoms with Gasteiger partial charge in [-0.3, -0.25) is 4.79 Å². The molecule has 0 spiro atoms. The van der Waals surface area contributed by atoms with Crippen LogP contribution in [0.4, 0.5) is 10.1 Å². The van der Waals surface area contributed by atoms with Gasteiger partial charge in [0, 0.05) is 33.7 Å². The van der Waals surface area contributed by atoms with E-state index >= 15 is 0 Å². The Bertz CT molecular complexity index is 1030. The first-order valence-electron chi connectivity index (χ1n) is 9.09. The second-order valence-electron chi connectivity index (χ2n) is 6.52. The molecular formula is C22H20FNO3S. The van der Waals surface area contributed by atoms with E-state index in [-0.39, 0.29) is 17.6 Å². The zero-order valence-corrected chi connectivity index (χ0v) is 16.4. The molecule has 0 unspecified atom stereocenters. The second-order valence-corrected chi connectivity index (χ2v) is 7.43. The van der Waals surface area contributed by atoms with E-state index in [4.69, 9.17) is 9.47 Å². The lowest BCUT2D eigenvalue weighted by Gasteiger charge is -2.24. The van der Waals surface area contributed by atoms with E-state index in [1.165, 1.54) is 17.4 Å². The lowest BCUT2D eigenvalue weighted by atomic mass is 9.89. The minimum Gasteiger partial charge on any atom is -0.493 e. The van der Waals surface area contributed by atoms with Gasteiger partial charge in [0.25, 0.3) is 0 Å². The summed E-state index contributed by atoms with van der Waals surface area (Å²) in [6.45, 7) is 2.46. The molecule has 4 nitrogen and oxygen atoms in total. The Balaban J connectivity index is 1.78. The van der Waals surface area contributed by atoms with Gasteiger partial charge in [0.05, 0.1) is 19.4 Å². The molecular weight excluding hydrogens is 377 g/mol. The molecule has 28 heavy (non-hydrogen) atoms. The van der Waals surface area contributed by atoms with Crippen LogP contribution in [0, 0.1) is 5.82 Å². The smallest absolute Gasteiger partial charge is 0.225 e. The third-order valence-corrected chi connectivity index (χ3v) is 5.94. The Labute approximate surface area is 166 Å². The average Bonchev–Trinajstić information content (AvgIpc) is 3.12. The summed E-state index contributed by atoms with van der Waals surface area (Å²) in [4.78, 5) is 13.5. The third kappa shape index (κ3) is 3.24. The van der Waals surface area contributed by atoms with E-state index in [1.54, 1.807) is 25.3 Å². The molecule has 1 aromatic heterocycles. The van der Waals surface area contributed by atoms with Crippen LogP contribution in [0.1, 0.15) is 29.7 Å². The number of halogens is 1. The van der Waals surface area contributed by atoms with Crippen LogP contribution in [0.5, 0.6) is 11.5 Å². The molecule has 0 bridgehead atoms. The van der Waals surface area contributed by atoms with Crippen molar-refractivity contribution in [3.05, 3.63) is 64.1 Å². The summed E-state index contributed by atoms with van der Waals surface area (Å²) >= 11 is 1.53. The minimum atomic E-state index is -0.304. The molecule has 6 heteroatoms. The highest BCUT2D eigenvalue weighted by Gasteiger charge is 2.31. The molecule has 1 aliphatic heterocycles. The largest absolute Gasteiger partial charge is 0.493 e. The van der Waals surface area contributed by atoms with Crippen LogP contribution in [0.15, 0.2) is 47.8 Å². The number of amides is 1. The number of carbonyl (C=O) groups excluding carboxylic acids is 1. The molecule has 0 radical (unpaired) electrons. The van der Waals surface area contributed by atoms with Gasteiger partial charge in [-0.2, -0.15) is 0 Å². The average molecular weight is 397 g/mol. The molecule has 0 fully saturated rings. The van der Waals surface area contributed by atoms with Crippen LogP contribution in [-0.2, 0) is 4.79 Å². The quantitative estimate of drug-likeness (QED) is 0.624. The van der Waals surface area contributed by atoms with Gasteiger partial charge in [0.1, 0.15) is 5.82 Å². The summed E-state index contributed by atoms with van der Waals surface area (Å²) in [6.07, 6.45) is 0.335. The molecule has 1 amide bonds. The first-order chi connectivity index (χ1) is 13.6. The molecule has 1 aliphatic rings. The predicted molar refractivity (Wildman–Crippen MR) is 109 cm³/mol. The summed E-state index contributed by atoms with van der Waals surface area (Å²) < 4.78 is 25.4. The van der Waals surface area contributed by atoms with E-state index < -0.39 is 0 Å². The van der Waals surface area contributed by atoms with Gasteiger partial charge >= 0.3 is 0 Å². The standard InChI is InChI=1S/C22H20FNO3S/c1-3-27-18-9-8-13(10-19(18)26-2)15-11-20(25)24-21-16(12-28-22(15)21)14-6-4-5-7-17(14)23/h4-10,12,15H,3,11H2,1-2H3,(H,24,25)/t15-/m1/s1. The van der Waals surface area contributed by atoms with Crippen molar-refractivity contribution in [3.63, 3.8) is 0 Å². The van der Waals surface area contributed by atoms with Gasteiger partial charge in [0.15, 0.2) is 11.5 Å². The molecule has 3 aromatic rings. The number of carbonyl (C=O) groups is 1.